The first kappa shape index (κ1) is 13.2. The predicted octanol–water partition coefficient (Wildman–Crippen LogP) is -0.275. The average molecular weight is 284 g/mol. The number of nitrogens with zero attached hydrogens (tertiary/aromatic N) is 1. The van der Waals surface area contributed by atoms with Gasteiger partial charge in [0.05, 0.1) is 12.5 Å². The standard InChI is InChI=1S/C13H18NO.BrH/c1-9-13(2,3)11-8-10(15-5)6-7-12(11)14(9)4;/h6-8H,1-5H3;1H/q+1;/p-1. The van der Waals surface area contributed by atoms with Gasteiger partial charge in [-0.25, -0.2) is 4.58 Å². The zero-order chi connectivity index (χ0) is 11.2. The van der Waals surface area contributed by atoms with Gasteiger partial charge in [-0.1, -0.05) is 0 Å². The van der Waals surface area contributed by atoms with Crippen molar-refractivity contribution in [3.8, 4) is 5.75 Å². The van der Waals surface area contributed by atoms with Crippen molar-refractivity contribution in [2.75, 3.05) is 14.2 Å². The third kappa shape index (κ3) is 1.67. The van der Waals surface area contributed by atoms with Crippen molar-refractivity contribution in [1.82, 2.24) is 0 Å². The van der Waals surface area contributed by atoms with Gasteiger partial charge in [0.15, 0.2) is 5.71 Å². The molecule has 0 N–H and O–H groups in total. The van der Waals surface area contributed by atoms with Crippen LogP contribution in [0.5, 0.6) is 5.75 Å². The van der Waals surface area contributed by atoms with Crippen molar-refractivity contribution in [3.63, 3.8) is 0 Å². The number of hydrogen-bond acceptors (Lipinski definition) is 1. The van der Waals surface area contributed by atoms with Crippen molar-refractivity contribution >= 4 is 11.4 Å². The van der Waals surface area contributed by atoms with Crippen LogP contribution in [0.25, 0.3) is 0 Å². The number of rotatable bonds is 1. The van der Waals surface area contributed by atoms with Gasteiger partial charge in [-0.05, 0) is 26.0 Å². The highest BCUT2D eigenvalue weighted by molar-refractivity contribution is 5.93. The van der Waals surface area contributed by atoms with E-state index in [2.05, 4.69) is 44.5 Å². The largest absolute Gasteiger partial charge is 1.00 e. The van der Waals surface area contributed by atoms with Gasteiger partial charge in [0, 0.05) is 18.6 Å². The number of benzene rings is 1. The van der Waals surface area contributed by atoms with Crippen molar-refractivity contribution < 1.29 is 26.3 Å². The Morgan fingerprint density at radius 1 is 1.25 bits per heavy atom. The molecule has 88 valence electrons. The summed E-state index contributed by atoms with van der Waals surface area (Å²) < 4.78 is 7.53. The minimum atomic E-state index is 0. The van der Waals surface area contributed by atoms with E-state index in [9.17, 15) is 0 Å². The molecule has 1 aliphatic heterocycles. The van der Waals surface area contributed by atoms with E-state index in [0.29, 0.717) is 0 Å². The molecule has 16 heavy (non-hydrogen) atoms. The van der Waals surface area contributed by atoms with Gasteiger partial charge in [0.25, 0.3) is 0 Å². The summed E-state index contributed by atoms with van der Waals surface area (Å²) in [6.07, 6.45) is 0. The fraction of sp³-hybridized carbons (Fsp3) is 0.462. The summed E-state index contributed by atoms with van der Waals surface area (Å²) in [5, 5.41) is 0. The van der Waals surface area contributed by atoms with Crippen LogP contribution >= 0.6 is 0 Å². The van der Waals surface area contributed by atoms with Crippen molar-refractivity contribution in [1.29, 1.82) is 0 Å². The van der Waals surface area contributed by atoms with Gasteiger partial charge in [-0.15, -0.1) is 0 Å². The number of methoxy groups -OCH3 is 1. The normalized spacial score (nSPS) is 16.8. The van der Waals surface area contributed by atoms with Crippen LogP contribution in [0.1, 0.15) is 26.3 Å². The molecule has 0 saturated carbocycles. The van der Waals surface area contributed by atoms with Crippen LogP contribution in [0.15, 0.2) is 18.2 Å². The topological polar surface area (TPSA) is 12.2 Å². The molecule has 0 bridgehead atoms. The first-order valence-electron chi connectivity index (χ1n) is 5.24. The zero-order valence-electron chi connectivity index (χ0n) is 10.5. The van der Waals surface area contributed by atoms with Crippen molar-refractivity contribution in [2.24, 2.45) is 0 Å². The van der Waals surface area contributed by atoms with Gasteiger partial charge < -0.3 is 21.7 Å². The lowest BCUT2D eigenvalue weighted by atomic mass is 9.82. The molecule has 0 spiro atoms. The van der Waals surface area contributed by atoms with E-state index in [1.54, 1.807) is 7.11 Å². The van der Waals surface area contributed by atoms with Gasteiger partial charge in [-0.3, -0.25) is 0 Å². The lowest BCUT2D eigenvalue weighted by Crippen LogP contribution is -3.00. The smallest absolute Gasteiger partial charge is 0.209 e. The van der Waals surface area contributed by atoms with Gasteiger partial charge >= 0.3 is 0 Å². The maximum absolute atomic E-state index is 5.28. The van der Waals surface area contributed by atoms with Gasteiger partial charge in [0.2, 0.25) is 5.69 Å². The monoisotopic (exact) mass is 283 g/mol. The summed E-state index contributed by atoms with van der Waals surface area (Å²) in [5.41, 5.74) is 4.13. The molecule has 0 atom stereocenters. The van der Waals surface area contributed by atoms with Crippen LogP contribution in [-0.4, -0.2) is 24.4 Å². The molecule has 1 aliphatic rings. The maximum Gasteiger partial charge on any atom is 0.209 e. The average Bonchev–Trinajstić information content (AvgIpc) is 2.40. The Hall–Kier alpha value is -0.830. The third-order valence-electron chi connectivity index (χ3n) is 3.65. The first-order valence-corrected chi connectivity index (χ1v) is 5.24. The first-order chi connectivity index (χ1) is 6.98. The van der Waals surface area contributed by atoms with Crippen LogP contribution in [-0.2, 0) is 5.41 Å². The maximum atomic E-state index is 5.28. The van der Waals surface area contributed by atoms with Crippen molar-refractivity contribution in [2.45, 2.75) is 26.2 Å². The molecule has 0 fully saturated rings. The molecule has 1 aromatic carbocycles. The minimum Gasteiger partial charge on any atom is -1.00 e. The summed E-state index contributed by atoms with van der Waals surface area (Å²) in [5.74, 6) is 0.935. The Kier molecular flexibility index (Phi) is 3.48. The molecule has 0 saturated heterocycles. The van der Waals surface area contributed by atoms with E-state index in [4.69, 9.17) is 4.74 Å². The Morgan fingerprint density at radius 2 is 1.88 bits per heavy atom. The SMILES string of the molecule is COc1ccc2c(c1)C(C)(C)C(C)=[N+]2C.[Br-]. The predicted molar refractivity (Wildman–Crippen MR) is 62.5 cm³/mol. The molecule has 1 heterocycles. The molecule has 0 aliphatic carbocycles. The molecule has 2 rings (SSSR count). The molecule has 0 aromatic heterocycles. The summed E-state index contributed by atoms with van der Waals surface area (Å²) in [7, 11) is 3.83. The molecule has 0 radical (unpaired) electrons. The zero-order valence-corrected chi connectivity index (χ0v) is 12.1. The number of fused-ring (bicyclic) bond motifs is 1. The molecular weight excluding hydrogens is 266 g/mol. The van der Waals surface area contributed by atoms with E-state index >= 15 is 0 Å². The molecule has 0 unspecified atom stereocenters. The van der Waals surface area contributed by atoms with Crippen LogP contribution in [0.2, 0.25) is 0 Å². The van der Waals surface area contributed by atoms with Crippen LogP contribution < -0.4 is 21.7 Å². The Bertz CT molecular complexity index is 449. The van der Waals surface area contributed by atoms with Crippen LogP contribution in [0, 0.1) is 0 Å². The highest BCUT2D eigenvalue weighted by Gasteiger charge is 2.41. The summed E-state index contributed by atoms with van der Waals surface area (Å²) >= 11 is 0. The van der Waals surface area contributed by atoms with Gasteiger partial charge in [0.1, 0.15) is 12.8 Å². The molecule has 2 nitrogen and oxygen atoms in total. The summed E-state index contributed by atoms with van der Waals surface area (Å²) in [4.78, 5) is 0. The Labute approximate surface area is 108 Å². The fourth-order valence-corrected chi connectivity index (χ4v) is 2.23. The second-order valence-corrected chi connectivity index (χ2v) is 4.65. The summed E-state index contributed by atoms with van der Waals surface area (Å²) in [6.45, 7) is 6.70. The van der Waals surface area contributed by atoms with Crippen molar-refractivity contribution in [3.05, 3.63) is 23.8 Å². The van der Waals surface area contributed by atoms with Gasteiger partial charge in [-0.2, -0.15) is 0 Å². The Balaban J connectivity index is 0.00000128. The third-order valence-corrected chi connectivity index (χ3v) is 3.65. The van der Waals surface area contributed by atoms with E-state index in [-0.39, 0.29) is 22.4 Å². The highest BCUT2D eigenvalue weighted by Crippen LogP contribution is 2.40. The highest BCUT2D eigenvalue weighted by atomic mass is 79.9. The van der Waals surface area contributed by atoms with E-state index in [1.165, 1.54) is 17.0 Å². The summed E-state index contributed by atoms with van der Waals surface area (Å²) in [6, 6.07) is 6.29. The molecule has 0 amide bonds. The quantitative estimate of drug-likeness (QED) is 0.646. The van der Waals surface area contributed by atoms with E-state index < -0.39 is 0 Å². The second kappa shape index (κ2) is 4.21. The molecule has 1 aromatic rings. The number of halogens is 1. The Morgan fingerprint density at radius 3 is 2.44 bits per heavy atom. The van der Waals surface area contributed by atoms with E-state index in [1.807, 2.05) is 6.07 Å². The second-order valence-electron chi connectivity index (χ2n) is 4.65. The minimum absolute atomic E-state index is 0. The number of ether oxygens (including phenoxy) is 1. The van der Waals surface area contributed by atoms with Crippen LogP contribution in [0.4, 0.5) is 5.69 Å². The van der Waals surface area contributed by atoms with E-state index in [0.717, 1.165) is 5.75 Å². The fourth-order valence-electron chi connectivity index (χ4n) is 2.23. The molecular formula is C13H18BrNO. The lowest BCUT2D eigenvalue weighted by Gasteiger charge is -2.15. The molecule has 3 heteroatoms. The van der Waals surface area contributed by atoms with Crippen LogP contribution in [0.3, 0.4) is 0 Å². The number of hydrogen-bond donors (Lipinski definition) is 0. The lowest BCUT2D eigenvalue weighted by molar-refractivity contribution is -0.403.